The molecule has 0 aliphatic carbocycles. The Morgan fingerprint density at radius 2 is 1.85 bits per heavy atom. The smallest absolute Gasteiger partial charge is 0.266 e. The Morgan fingerprint density at radius 3 is 2.50 bits per heavy atom. The molecule has 3 aromatic carbocycles. The van der Waals surface area contributed by atoms with Gasteiger partial charge in [-0.1, -0.05) is 35.3 Å². The maximum Gasteiger partial charge on any atom is 0.266 e. The van der Waals surface area contributed by atoms with Crippen LogP contribution in [-0.2, 0) is 11.4 Å². The predicted molar refractivity (Wildman–Crippen MR) is 145 cm³/mol. The first-order valence-corrected chi connectivity index (χ1v) is 12.0. The van der Waals surface area contributed by atoms with Crippen LogP contribution in [0.25, 0.3) is 6.08 Å². The molecule has 5 nitrogen and oxygen atoms in total. The molecule has 0 heterocycles. The maximum absolute atomic E-state index is 12.7. The van der Waals surface area contributed by atoms with Crippen molar-refractivity contribution < 1.29 is 14.3 Å². The van der Waals surface area contributed by atoms with Crippen molar-refractivity contribution in [3.63, 3.8) is 0 Å². The SMILES string of the molecule is COc1cc(/C=C(\C#N)C(=O)Nc2ccc(C)c(C)c2)cc(I)c1OCc1ccc(Cl)c(Cl)c1. The minimum atomic E-state index is -0.486. The van der Waals surface area contributed by atoms with Crippen LogP contribution in [-0.4, -0.2) is 13.0 Å². The van der Waals surface area contributed by atoms with Crippen LogP contribution < -0.4 is 14.8 Å². The summed E-state index contributed by atoms with van der Waals surface area (Å²) in [4.78, 5) is 12.7. The third-order valence-corrected chi connectivity index (χ3v) is 6.60. The first-order valence-electron chi connectivity index (χ1n) is 10.2. The van der Waals surface area contributed by atoms with E-state index in [1.807, 2.05) is 44.2 Å². The van der Waals surface area contributed by atoms with E-state index in [2.05, 4.69) is 27.9 Å². The van der Waals surface area contributed by atoms with Crippen LogP contribution in [0.5, 0.6) is 11.5 Å². The molecule has 0 radical (unpaired) electrons. The number of anilines is 1. The normalized spacial score (nSPS) is 11.0. The summed E-state index contributed by atoms with van der Waals surface area (Å²) in [6.45, 7) is 4.22. The number of nitrogens with zero attached hydrogens (tertiary/aromatic N) is 1. The van der Waals surface area contributed by atoms with Crippen molar-refractivity contribution in [3.05, 3.63) is 90.0 Å². The molecule has 0 bridgehead atoms. The summed E-state index contributed by atoms with van der Waals surface area (Å²) in [7, 11) is 1.53. The predicted octanol–water partition coefficient (Wildman–Crippen LogP) is 7.35. The molecular weight excluding hydrogens is 586 g/mol. The van der Waals surface area contributed by atoms with Crippen LogP contribution in [0.3, 0.4) is 0 Å². The van der Waals surface area contributed by atoms with Crippen LogP contribution in [0.2, 0.25) is 10.0 Å². The van der Waals surface area contributed by atoms with E-state index in [9.17, 15) is 10.1 Å². The lowest BCUT2D eigenvalue weighted by Crippen LogP contribution is -2.13. The Bertz CT molecular complexity index is 1320. The topological polar surface area (TPSA) is 71.3 Å². The molecule has 0 fully saturated rings. The van der Waals surface area contributed by atoms with Gasteiger partial charge in [-0.3, -0.25) is 4.79 Å². The number of aryl methyl sites for hydroxylation is 2. The first kappa shape index (κ1) is 25.9. The van der Waals surface area contributed by atoms with Crippen LogP contribution in [0.1, 0.15) is 22.3 Å². The number of halogens is 3. The Kier molecular flexibility index (Phi) is 8.84. The second-order valence-corrected chi connectivity index (χ2v) is 9.47. The third kappa shape index (κ3) is 6.44. The summed E-state index contributed by atoms with van der Waals surface area (Å²) in [5.74, 6) is 0.536. The number of carbonyl (C=O) groups is 1. The summed E-state index contributed by atoms with van der Waals surface area (Å²) in [5.41, 5.74) is 4.27. The van der Waals surface area contributed by atoms with Gasteiger partial charge < -0.3 is 14.8 Å². The minimum absolute atomic E-state index is 0.0273. The zero-order chi connectivity index (χ0) is 24.8. The second-order valence-electron chi connectivity index (χ2n) is 7.49. The van der Waals surface area contributed by atoms with Gasteiger partial charge >= 0.3 is 0 Å². The van der Waals surface area contributed by atoms with Crippen LogP contribution in [0, 0.1) is 28.7 Å². The molecule has 0 aromatic heterocycles. The zero-order valence-electron chi connectivity index (χ0n) is 18.7. The van der Waals surface area contributed by atoms with Crippen LogP contribution in [0.4, 0.5) is 5.69 Å². The monoisotopic (exact) mass is 606 g/mol. The van der Waals surface area contributed by atoms with Crippen molar-refractivity contribution in [2.75, 3.05) is 12.4 Å². The quantitative estimate of drug-likeness (QED) is 0.173. The molecule has 3 aromatic rings. The minimum Gasteiger partial charge on any atom is -0.493 e. The number of nitriles is 1. The van der Waals surface area contributed by atoms with Crippen molar-refractivity contribution in [1.82, 2.24) is 0 Å². The fourth-order valence-corrected chi connectivity index (χ4v) is 4.18. The molecule has 34 heavy (non-hydrogen) atoms. The molecule has 8 heteroatoms. The van der Waals surface area contributed by atoms with Gasteiger partial charge in [0, 0.05) is 5.69 Å². The lowest BCUT2D eigenvalue weighted by Gasteiger charge is -2.14. The van der Waals surface area contributed by atoms with Gasteiger partial charge in [-0.2, -0.15) is 5.26 Å². The summed E-state index contributed by atoms with van der Waals surface area (Å²) in [6, 6.07) is 16.4. The number of ether oxygens (including phenoxy) is 2. The number of hydrogen-bond donors (Lipinski definition) is 1. The fourth-order valence-electron chi connectivity index (χ4n) is 3.08. The van der Waals surface area contributed by atoms with Gasteiger partial charge in [-0.25, -0.2) is 0 Å². The van der Waals surface area contributed by atoms with E-state index in [0.717, 1.165) is 20.3 Å². The Hall–Kier alpha value is -2.73. The van der Waals surface area contributed by atoms with Crippen molar-refractivity contribution in [3.8, 4) is 17.6 Å². The van der Waals surface area contributed by atoms with Crippen molar-refractivity contribution >= 4 is 63.5 Å². The van der Waals surface area contributed by atoms with Gasteiger partial charge in [0.05, 0.1) is 20.7 Å². The van der Waals surface area contributed by atoms with E-state index in [0.29, 0.717) is 32.8 Å². The van der Waals surface area contributed by atoms with Crippen molar-refractivity contribution in [2.24, 2.45) is 0 Å². The highest BCUT2D eigenvalue weighted by molar-refractivity contribution is 14.1. The van der Waals surface area contributed by atoms with E-state index in [-0.39, 0.29) is 12.2 Å². The molecular formula is C26H21Cl2IN2O3. The summed E-state index contributed by atoms with van der Waals surface area (Å²) in [5, 5.41) is 13.3. The van der Waals surface area contributed by atoms with Gasteiger partial charge in [0.15, 0.2) is 11.5 Å². The molecule has 0 saturated carbocycles. The zero-order valence-corrected chi connectivity index (χ0v) is 22.4. The number of hydrogen-bond acceptors (Lipinski definition) is 4. The Morgan fingerprint density at radius 1 is 1.09 bits per heavy atom. The lowest BCUT2D eigenvalue weighted by molar-refractivity contribution is -0.112. The van der Waals surface area contributed by atoms with Gasteiger partial charge in [-0.15, -0.1) is 0 Å². The number of amides is 1. The lowest BCUT2D eigenvalue weighted by atomic mass is 10.1. The Labute approximate surface area is 222 Å². The first-order chi connectivity index (χ1) is 16.2. The van der Waals surface area contributed by atoms with Crippen LogP contribution >= 0.6 is 45.8 Å². The molecule has 0 saturated heterocycles. The molecule has 1 amide bonds. The molecule has 0 unspecified atom stereocenters. The van der Waals surface area contributed by atoms with E-state index < -0.39 is 5.91 Å². The van der Waals surface area contributed by atoms with Crippen molar-refractivity contribution in [2.45, 2.75) is 20.5 Å². The molecule has 0 aliphatic heterocycles. The average Bonchev–Trinajstić information content (AvgIpc) is 2.80. The van der Waals surface area contributed by atoms with Crippen molar-refractivity contribution in [1.29, 1.82) is 5.26 Å². The average molecular weight is 607 g/mol. The Balaban J connectivity index is 1.82. The van der Waals surface area contributed by atoms with E-state index in [1.165, 1.54) is 13.2 Å². The number of carbonyl (C=O) groups excluding carboxylic acids is 1. The standard InChI is InChI=1S/C26H21Cl2IN2O3/c1-15-4-6-20(8-16(15)2)31-26(32)19(13-30)9-18-11-23(29)25(24(12-18)33-3)34-14-17-5-7-21(27)22(28)10-17/h4-12H,14H2,1-3H3,(H,31,32)/b19-9+. The van der Waals surface area contributed by atoms with E-state index in [1.54, 1.807) is 24.3 Å². The number of rotatable bonds is 7. The van der Waals surface area contributed by atoms with E-state index >= 15 is 0 Å². The molecule has 0 aliphatic rings. The number of nitrogens with one attached hydrogen (secondary N) is 1. The van der Waals surface area contributed by atoms with Gasteiger partial charge in [0.1, 0.15) is 18.2 Å². The molecule has 1 N–H and O–H groups in total. The van der Waals surface area contributed by atoms with Crippen LogP contribution in [0.15, 0.2) is 54.1 Å². The molecule has 174 valence electrons. The van der Waals surface area contributed by atoms with Gasteiger partial charge in [-0.05, 0) is 101 Å². The molecule has 3 rings (SSSR count). The van der Waals surface area contributed by atoms with Gasteiger partial charge in [0.2, 0.25) is 0 Å². The van der Waals surface area contributed by atoms with E-state index in [4.69, 9.17) is 32.7 Å². The highest BCUT2D eigenvalue weighted by Crippen LogP contribution is 2.35. The summed E-state index contributed by atoms with van der Waals surface area (Å²) >= 11 is 14.2. The maximum atomic E-state index is 12.7. The summed E-state index contributed by atoms with van der Waals surface area (Å²) in [6.07, 6.45) is 1.52. The number of benzene rings is 3. The highest BCUT2D eigenvalue weighted by atomic mass is 127. The molecule has 0 spiro atoms. The second kappa shape index (κ2) is 11.6. The summed E-state index contributed by atoms with van der Waals surface area (Å²) < 4.78 is 12.2. The molecule has 0 atom stereocenters. The largest absolute Gasteiger partial charge is 0.493 e. The third-order valence-electron chi connectivity index (χ3n) is 5.06. The number of methoxy groups -OCH3 is 1. The highest BCUT2D eigenvalue weighted by Gasteiger charge is 2.15. The fraction of sp³-hybridized carbons (Fsp3) is 0.154. The van der Waals surface area contributed by atoms with Gasteiger partial charge in [0.25, 0.3) is 5.91 Å².